The van der Waals surface area contributed by atoms with Crippen LogP contribution in [0.2, 0.25) is 0 Å². The van der Waals surface area contributed by atoms with E-state index in [-0.39, 0.29) is 14.3 Å². The number of hydrogen-bond acceptors (Lipinski definition) is 1. The van der Waals surface area contributed by atoms with Crippen molar-refractivity contribution in [2.24, 2.45) is 0 Å². The maximum absolute atomic E-state index is 13.2. The van der Waals surface area contributed by atoms with Crippen LogP contribution in [0, 0.1) is 6.92 Å². The molecular formula is C17H18F3OP. The number of para-hydroxylation sites is 1. The van der Waals surface area contributed by atoms with Gasteiger partial charge < -0.3 is 5.11 Å². The fraction of sp³-hybridized carbons (Fsp3) is 0.294. The Bertz CT molecular complexity index is 678. The van der Waals surface area contributed by atoms with Crippen LogP contribution in [-0.2, 0) is 11.3 Å². The topological polar surface area (TPSA) is 20.2 Å². The fourth-order valence-electron chi connectivity index (χ4n) is 2.45. The van der Waals surface area contributed by atoms with Crippen molar-refractivity contribution in [3.05, 3.63) is 59.2 Å². The summed E-state index contributed by atoms with van der Waals surface area (Å²) in [5.41, 5.74) is 0.690. The lowest BCUT2D eigenvalue weighted by Gasteiger charge is -2.28. The predicted molar refractivity (Wildman–Crippen MR) is 85.3 cm³/mol. The van der Waals surface area contributed by atoms with Gasteiger partial charge in [-0.3, -0.25) is 0 Å². The largest absolute Gasteiger partial charge is 0.508 e. The first-order valence-electron chi connectivity index (χ1n) is 6.86. The van der Waals surface area contributed by atoms with E-state index in [1.165, 1.54) is 6.07 Å². The maximum Gasteiger partial charge on any atom is 0.417 e. The summed E-state index contributed by atoms with van der Waals surface area (Å²) in [7, 11) is -0.104. The molecule has 0 spiro atoms. The molecule has 0 fully saturated rings. The monoisotopic (exact) mass is 326 g/mol. The second-order valence-corrected chi connectivity index (χ2v) is 7.76. The van der Waals surface area contributed by atoms with Crippen LogP contribution in [0.4, 0.5) is 13.2 Å². The molecule has 118 valence electrons. The molecule has 0 aromatic heterocycles. The molecule has 22 heavy (non-hydrogen) atoms. The summed E-state index contributed by atoms with van der Waals surface area (Å²) in [5.74, 6) is 0.113. The van der Waals surface area contributed by atoms with Crippen LogP contribution in [0.5, 0.6) is 5.75 Å². The minimum Gasteiger partial charge on any atom is -0.508 e. The molecule has 1 nitrogen and oxygen atoms in total. The number of halogens is 3. The SMILES string of the molecule is Cc1cccc(C(F)(F)F)c1PC(C)(C)c1ccccc1O. The molecule has 0 bridgehead atoms. The van der Waals surface area contributed by atoms with Crippen molar-refractivity contribution in [1.82, 2.24) is 0 Å². The molecule has 0 saturated carbocycles. The van der Waals surface area contributed by atoms with Gasteiger partial charge in [-0.15, -0.1) is 0 Å². The molecule has 0 heterocycles. The van der Waals surface area contributed by atoms with Crippen LogP contribution in [0.15, 0.2) is 42.5 Å². The number of aromatic hydroxyl groups is 1. The van der Waals surface area contributed by atoms with Gasteiger partial charge in [-0.2, -0.15) is 13.2 Å². The van der Waals surface area contributed by atoms with Crippen molar-refractivity contribution in [2.75, 3.05) is 0 Å². The Hall–Kier alpha value is -1.54. The van der Waals surface area contributed by atoms with E-state index in [0.29, 0.717) is 16.4 Å². The highest BCUT2D eigenvalue weighted by Gasteiger charge is 2.36. The molecule has 0 aliphatic rings. The van der Waals surface area contributed by atoms with Gasteiger partial charge in [0, 0.05) is 10.7 Å². The number of aryl methyl sites for hydroxylation is 1. The van der Waals surface area contributed by atoms with Gasteiger partial charge in [0.15, 0.2) is 0 Å². The third-order valence-corrected chi connectivity index (χ3v) is 5.40. The third-order valence-electron chi connectivity index (χ3n) is 3.59. The zero-order valence-corrected chi connectivity index (χ0v) is 13.6. The fourth-order valence-corrected chi connectivity index (χ4v) is 4.06. The number of phenols is 1. The molecule has 0 aliphatic heterocycles. The highest BCUT2D eigenvalue weighted by molar-refractivity contribution is 7.48. The summed E-state index contributed by atoms with van der Waals surface area (Å²) >= 11 is 0. The van der Waals surface area contributed by atoms with Crippen molar-refractivity contribution in [2.45, 2.75) is 32.1 Å². The quantitative estimate of drug-likeness (QED) is 0.791. The smallest absolute Gasteiger partial charge is 0.417 e. The van der Waals surface area contributed by atoms with Gasteiger partial charge in [0.05, 0.1) is 5.56 Å². The van der Waals surface area contributed by atoms with Crippen molar-refractivity contribution in [1.29, 1.82) is 0 Å². The Labute approximate surface area is 130 Å². The highest BCUT2D eigenvalue weighted by atomic mass is 31.1. The van der Waals surface area contributed by atoms with E-state index >= 15 is 0 Å². The number of rotatable bonds is 3. The summed E-state index contributed by atoms with van der Waals surface area (Å²) in [6.45, 7) is 5.40. The molecule has 2 rings (SSSR count). The van der Waals surface area contributed by atoms with Crippen LogP contribution >= 0.6 is 8.58 Å². The average molecular weight is 326 g/mol. The Balaban J connectivity index is 2.49. The normalized spacial score (nSPS) is 13.0. The highest BCUT2D eigenvalue weighted by Crippen LogP contribution is 2.46. The molecule has 2 aromatic carbocycles. The predicted octanol–water partition coefficient (Wildman–Crippen LogP) is 4.96. The third kappa shape index (κ3) is 3.44. The van der Waals surface area contributed by atoms with Gasteiger partial charge in [0.1, 0.15) is 5.75 Å². The van der Waals surface area contributed by atoms with E-state index in [1.54, 1.807) is 37.3 Å². The lowest BCUT2D eigenvalue weighted by atomic mass is 10.0. The number of phenolic OH excluding ortho intramolecular Hbond substituents is 1. The summed E-state index contributed by atoms with van der Waals surface area (Å²) in [4.78, 5) is 0. The second kappa shape index (κ2) is 5.92. The van der Waals surface area contributed by atoms with Gasteiger partial charge in [-0.05, 0) is 29.9 Å². The van der Waals surface area contributed by atoms with E-state index in [9.17, 15) is 18.3 Å². The molecule has 1 atom stereocenters. The average Bonchev–Trinajstić information content (AvgIpc) is 2.40. The molecule has 0 radical (unpaired) electrons. The molecule has 1 unspecified atom stereocenters. The Kier molecular flexibility index (Phi) is 4.53. The first-order valence-corrected chi connectivity index (χ1v) is 7.86. The molecule has 5 heteroatoms. The van der Waals surface area contributed by atoms with Crippen molar-refractivity contribution in [3.8, 4) is 5.75 Å². The van der Waals surface area contributed by atoms with Crippen molar-refractivity contribution >= 4 is 13.9 Å². The maximum atomic E-state index is 13.2. The van der Waals surface area contributed by atoms with Crippen LogP contribution in [0.3, 0.4) is 0 Å². The lowest BCUT2D eigenvalue weighted by Crippen LogP contribution is -2.23. The number of benzene rings is 2. The van der Waals surface area contributed by atoms with Crippen LogP contribution in [0.25, 0.3) is 0 Å². The summed E-state index contributed by atoms with van der Waals surface area (Å²) in [5, 5.41) is 9.73. The van der Waals surface area contributed by atoms with E-state index < -0.39 is 16.9 Å². The van der Waals surface area contributed by atoms with Gasteiger partial charge in [-0.25, -0.2) is 0 Å². The van der Waals surface area contributed by atoms with Crippen LogP contribution < -0.4 is 5.30 Å². The van der Waals surface area contributed by atoms with Gasteiger partial charge >= 0.3 is 6.18 Å². The van der Waals surface area contributed by atoms with Crippen molar-refractivity contribution in [3.63, 3.8) is 0 Å². The Morgan fingerprint density at radius 3 is 2.09 bits per heavy atom. The summed E-state index contributed by atoms with van der Waals surface area (Å²) in [6, 6.07) is 11.0. The number of hydrogen-bond donors (Lipinski definition) is 1. The standard InChI is InChI=1S/C17H18F3OP/c1-11-7-6-9-13(17(18,19)20)15(11)22-16(2,3)12-8-4-5-10-14(12)21/h4-10,21-22H,1-3H3. The molecule has 0 saturated heterocycles. The number of alkyl halides is 3. The first-order chi connectivity index (χ1) is 10.1. The summed E-state index contributed by atoms with van der Waals surface area (Å²) < 4.78 is 39.7. The molecule has 1 N–H and O–H groups in total. The molecule has 0 amide bonds. The molecular weight excluding hydrogens is 308 g/mol. The van der Waals surface area contributed by atoms with Gasteiger partial charge in [-0.1, -0.05) is 52.8 Å². The van der Waals surface area contributed by atoms with Gasteiger partial charge in [0.2, 0.25) is 0 Å². The van der Waals surface area contributed by atoms with Crippen LogP contribution in [0.1, 0.15) is 30.5 Å². The second-order valence-electron chi connectivity index (χ2n) is 5.76. The van der Waals surface area contributed by atoms with Crippen LogP contribution in [-0.4, -0.2) is 5.11 Å². The minimum atomic E-state index is -4.37. The molecule has 2 aromatic rings. The van der Waals surface area contributed by atoms with E-state index in [2.05, 4.69) is 0 Å². The Morgan fingerprint density at radius 1 is 0.909 bits per heavy atom. The summed E-state index contributed by atoms with van der Waals surface area (Å²) in [6.07, 6.45) is -4.37. The van der Waals surface area contributed by atoms with Gasteiger partial charge in [0.25, 0.3) is 0 Å². The van der Waals surface area contributed by atoms with E-state index in [1.807, 2.05) is 13.8 Å². The van der Waals surface area contributed by atoms with Crippen molar-refractivity contribution < 1.29 is 18.3 Å². The molecule has 0 aliphatic carbocycles. The van der Waals surface area contributed by atoms with E-state index in [0.717, 1.165) is 6.07 Å². The zero-order chi connectivity index (χ0) is 16.5. The minimum absolute atomic E-state index is 0.104. The Morgan fingerprint density at radius 2 is 1.50 bits per heavy atom. The zero-order valence-electron chi connectivity index (χ0n) is 12.6. The lowest BCUT2D eigenvalue weighted by molar-refractivity contribution is -0.136. The van der Waals surface area contributed by atoms with E-state index in [4.69, 9.17) is 0 Å². The first kappa shape index (κ1) is 16.8.